The summed E-state index contributed by atoms with van der Waals surface area (Å²) in [7, 11) is 0. The summed E-state index contributed by atoms with van der Waals surface area (Å²) in [6.45, 7) is 5.02. The molecule has 3 nitrogen and oxygen atoms in total. The van der Waals surface area contributed by atoms with Crippen molar-refractivity contribution in [3.8, 4) is 0 Å². The maximum atomic E-state index is 11.8. The van der Waals surface area contributed by atoms with Crippen LogP contribution in [-0.2, 0) is 6.54 Å². The molecule has 3 heteroatoms. The third-order valence-electron chi connectivity index (χ3n) is 3.23. The number of ketones is 1. The van der Waals surface area contributed by atoms with Crippen molar-refractivity contribution in [1.82, 2.24) is 4.90 Å². The second kappa shape index (κ2) is 5.43. The summed E-state index contributed by atoms with van der Waals surface area (Å²) < 4.78 is 0. The first-order valence-corrected chi connectivity index (χ1v) is 6.28. The highest BCUT2D eigenvalue weighted by Crippen LogP contribution is 2.14. The van der Waals surface area contributed by atoms with Crippen molar-refractivity contribution >= 4 is 5.78 Å². The Labute approximate surface area is 103 Å². The van der Waals surface area contributed by atoms with Crippen LogP contribution in [0.2, 0.25) is 0 Å². The maximum absolute atomic E-state index is 11.8. The molecular weight excluding hydrogens is 212 g/mol. The molecule has 1 aliphatic rings. The molecule has 0 aromatic heterocycles. The first kappa shape index (κ1) is 12.3. The number of carbonyl (C=O) groups is 1. The minimum atomic E-state index is -0.419. The van der Waals surface area contributed by atoms with Gasteiger partial charge in [-0.2, -0.15) is 0 Å². The number of hydrogen-bond acceptors (Lipinski definition) is 3. The van der Waals surface area contributed by atoms with Crippen LogP contribution in [0.1, 0.15) is 35.7 Å². The average molecular weight is 232 g/mol. The second-order valence-electron chi connectivity index (χ2n) is 4.84. The van der Waals surface area contributed by atoms with Gasteiger partial charge in [-0.05, 0) is 44.5 Å². The molecule has 1 unspecified atom stereocenters. The van der Waals surface area contributed by atoms with E-state index in [-0.39, 0.29) is 5.78 Å². The van der Waals surface area contributed by atoms with E-state index in [0.29, 0.717) is 0 Å². The van der Waals surface area contributed by atoms with E-state index in [2.05, 4.69) is 11.0 Å². The summed E-state index contributed by atoms with van der Waals surface area (Å²) in [6, 6.07) is 7.43. The van der Waals surface area contributed by atoms with Gasteiger partial charge >= 0.3 is 0 Å². The fourth-order valence-corrected chi connectivity index (χ4v) is 2.28. The largest absolute Gasteiger partial charge is 0.321 e. The monoisotopic (exact) mass is 232 g/mol. The Morgan fingerprint density at radius 2 is 2.12 bits per heavy atom. The lowest BCUT2D eigenvalue weighted by molar-refractivity contribution is 0.0968. The van der Waals surface area contributed by atoms with E-state index < -0.39 is 6.04 Å². The quantitative estimate of drug-likeness (QED) is 0.805. The number of nitrogens with zero attached hydrogens (tertiary/aromatic N) is 1. The summed E-state index contributed by atoms with van der Waals surface area (Å²) in [5, 5.41) is 0. The van der Waals surface area contributed by atoms with Gasteiger partial charge in [0, 0.05) is 12.1 Å². The van der Waals surface area contributed by atoms with Gasteiger partial charge in [-0.3, -0.25) is 9.69 Å². The minimum absolute atomic E-state index is 0.0215. The molecule has 1 saturated heterocycles. The predicted octanol–water partition coefficient (Wildman–Crippen LogP) is 1.81. The van der Waals surface area contributed by atoms with Crippen molar-refractivity contribution in [1.29, 1.82) is 0 Å². The summed E-state index contributed by atoms with van der Waals surface area (Å²) in [5.41, 5.74) is 7.56. The van der Waals surface area contributed by atoms with Gasteiger partial charge in [0.1, 0.15) is 0 Å². The summed E-state index contributed by atoms with van der Waals surface area (Å²) in [4.78, 5) is 14.2. The van der Waals surface area contributed by atoms with Gasteiger partial charge in [0.15, 0.2) is 5.78 Å². The third kappa shape index (κ3) is 3.14. The molecule has 2 rings (SSSR count). The Bertz CT molecular complexity index is 395. The van der Waals surface area contributed by atoms with Gasteiger partial charge < -0.3 is 5.73 Å². The molecular formula is C14H20N2O. The molecule has 0 bridgehead atoms. The average Bonchev–Trinajstić information content (AvgIpc) is 2.81. The number of carbonyl (C=O) groups excluding carboxylic acids is 1. The number of likely N-dealkylation sites (tertiary alicyclic amines) is 1. The van der Waals surface area contributed by atoms with Crippen LogP contribution >= 0.6 is 0 Å². The van der Waals surface area contributed by atoms with E-state index >= 15 is 0 Å². The van der Waals surface area contributed by atoms with Gasteiger partial charge in [-0.1, -0.05) is 18.2 Å². The van der Waals surface area contributed by atoms with Crippen LogP contribution in [0.15, 0.2) is 24.3 Å². The zero-order valence-electron chi connectivity index (χ0n) is 10.4. The molecule has 17 heavy (non-hydrogen) atoms. The van der Waals surface area contributed by atoms with Crippen molar-refractivity contribution in [2.24, 2.45) is 5.73 Å². The predicted molar refractivity (Wildman–Crippen MR) is 68.9 cm³/mol. The summed E-state index contributed by atoms with van der Waals surface area (Å²) >= 11 is 0. The highest BCUT2D eigenvalue weighted by molar-refractivity contribution is 5.99. The van der Waals surface area contributed by atoms with E-state index in [0.717, 1.165) is 12.1 Å². The number of benzene rings is 1. The smallest absolute Gasteiger partial charge is 0.179 e. The number of rotatable bonds is 4. The highest BCUT2D eigenvalue weighted by Gasteiger charge is 2.14. The van der Waals surface area contributed by atoms with Gasteiger partial charge in [-0.15, -0.1) is 0 Å². The van der Waals surface area contributed by atoms with Crippen LogP contribution in [0, 0.1) is 0 Å². The van der Waals surface area contributed by atoms with Crippen molar-refractivity contribution in [3.05, 3.63) is 35.4 Å². The van der Waals surface area contributed by atoms with Crippen LogP contribution in [0.25, 0.3) is 0 Å². The molecule has 0 spiro atoms. The SMILES string of the molecule is CC(N)C(=O)c1cccc(CN2CCCC2)c1. The molecule has 1 fully saturated rings. The van der Waals surface area contributed by atoms with E-state index in [9.17, 15) is 4.79 Å². The molecule has 1 aromatic rings. The minimum Gasteiger partial charge on any atom is -0.321 e. The van der Waals surface area contributed by atoms with E-state index in [1.807, 2.05) is 18.2 Å². The van der Waals surface area contributed by atoms with E-state index in [1.165, 1.54) is 31.5 Å². The van der Waals surface area contributed by atoms with E-state index in [1.54, 1.807) is 6.92 Å². The Hall–Kier alpha value is -1.19. The van der Waals surface area contributed by atoms with Crippen LogP contribution in [-0.4, -0.2) is 29.8 Å². The number of Topliss-reactive ketones (excluding diaryl/α,β-unsaturated/α-hetero) is 1. The maximum Gasteiger partial charge on any atom is 0.179 e. The normalized spacial score (nSPS) is 18.2. The molecule has 1 aliphatic heterocycles. The van der Waals surface area contributed by atoms with Gasteiger partial charge in [0.2, 0.25) is 0 Å². The Kier molecular flexibility index (Phi) is 3.92. The molecule has 0 radical (unpaired) electrons. The topological polar surface area (TPSA) is 46.3 Å². The molecule has 0 amide bonds. The van der Waals surface area contributed by atoms with Crippen molar-refractivity contribution in [2.45, 2.75) is 32.4 Å². The molecule has 0 saturated carbocycles. The second-order valence-corrected chi connectivity index (χ2v) is 4.84. The van der Waals surface area contributed by atoms with Gasteiger partial charge in [-0.25, -0.2) is 0 Å². The standard InChI is InChI=1S/C14H20N2O/c1-11(15)14(17)13-6-4-5-12(9-13)10-16-7-2-3-8-16/h4-6,9,11H,2-3,7-8,10,15H2,1H3. The molecule has 1 heterocycles. The lowest BCUT2D eigenvalue weighted by Gasteiger charge is -2.15. The number of hydrogen-bond donors (Lipinski definition) is 1. The summed E-state index contributed by atoms with van der Waals surface area (Å²) in [6.07, 6.45) is 2.58. The van der Waals surface area contributed by atoms with Gasteiger partial charge in [0.25, 0.3) is 0 Å². The highest BCUT2D eigenvalue weighted by atomic mass is 16.1. The summed E-state index contributed by atoms with van der Waals surface area (Å²) in [5.74, 6) is 0.0215. The fourth-order valence-electron chi connectivity index (χ4n) is 2.28. The Morgan fingerprint density at radius 1 is 1.41 bits per heavy atom. The molecule has 0 aliphatic carbocycles. The number of nitrogens with two attached hydrogens (primary N) is 1. The van der Waals surface area contributed by atoms with Crippen LogP contribution in [0.3, 0.4) is 0 Å². The van der Waals surface area contributed by atoms with Crippen LogP contribution < -0.4 is 5.73 Å². The Morgan fingerprint density at radius 3 is 2.76 bits per heavy atom. The lowest BCUT2D eigenvalue weighted by Crippen LogP contribution is -2.26. The molecule has 1 aromatic carbocycles. The zero-order chi connectivity index (χ0) is 12.3. The van der Waals surface area contributed by atoms with E-state index in [4.69, 9.17) is 5.73 Å². The van der Waals surface area contributed by atoms with Gasteiger partial charge in [0.05, 0.1) is 6.04 Å². The first-order valence-electron chi connectivity index (χ1n) is 6.28. The van der Waals surface area contributed by atoms with Crippen molar-refractivity contribution < 1.29 is 4.79 Å². The van der Waals surface area contributed by atoms with Crippen LogP contribution in [0.5, 0.6) is 0 Å². The molecule has 92 valence electrons. The first-order chi connectivity index (χ1) is 8.16. The third-order valence-corrected chi connectivity index (χ3v) is 3.23. The zero-order valence-corrected chi connectivity index (χ0v) is 10.4. The van der Waals surface area contributed by atoms with Crippen LogP contribution in [0.4, 0.5) is 0 Å². The molecule has 1 atom stereocenters. The molecule has 2 N–H and O–H groups in total. The lowest BCUT2D eigenvalue weighted by atomic mass is 10.0. The van der Waals surface area contributed by atoms with Crippen molar-refractivity contribution in [2.75, 3.05) is 13.1 Å². The Balaban J connectivity index is 2.08. The van der Waals surface area contributed by atoms with Crippen molar-refractivity contribution in [3.63, 3.8) is 0 Å². The fraction of sp³-hybridized carbons (Fsp3) is 0.500.